The van der Waals surface area contributed by atoms with Gasteiger partial charge in [0, 0.05) is 36.1 Å². The lowest BCUT2D eigenvalue weighted by atomic mass is 10.1. The number of hydrogen-bond acceptors (Lipinski definition) is 5. The van der Waals surface area contributed by atoms with Crippen LogP contribution in [0.2, 0.25) is 0 Å². The molecule has 1 saturated heterocycles. The molecular formula is C18H19N3O4. The van der Waals surface area contributed by atoms with Crippen molar-refractivity contribution in [3.05, 3.63) is 64.2 Å². The monoisotopic (exact) mass is 341 g/mol. The number of anilines is 2. The Morgan fingerprint density at radius 1 is 1.12 bits per heavy atom. The zero-order valence-electron chi connectivity index (χ0n) is 13.7. The average Bonchev–Trinajstić information content (AvgIpc) is 2.63. The summed E-state index contributed by atoms with van der Waals surface area (Å²) in [5, 5.41) is 13.8. The van der Waals surface area contributed by atoms with Crippen LogP contribution >= 0.6 is 0 Å². The average molecular weight is 341 g/mol. The van der Waals surface area contributed by atoms with Crippen LogP contribution in [0.1, 0.15) is 5.56 Å². The van der Waals surface area contributed by atoms with Crippen LogP contribution in [0, 0.1) is 10.1 Å². The van der Waals surface area contributed by atoms with Crippen LogP contribution in [-0.4, -0.2) is 37.1 Å². The predicted octanol–water partition coefficient (Wildman–Crippen LogP) is 2.61. The third kappa shape index (κ3) is 4.33. The normalized spacial score (nSPS) is 14.2. The molecule has 0 spiro atoms. The Hall–Kier alpha value is -2.93. The molecule has 1 fully saturated rings. The first-order valence-corrected chi connectivity index (χ1v) is 8.08. The first-order valence-electron chi connectivity index (χ1n) is 8.08. The van der Waals surface area contributed by atoms with E-state index in [-0.39, 0.29) is 18.0 Å². The van der Waals surface area contributed by atoms with E-state index >= 15 is 0 Å². The Labute approximate surface area is 145 Å². The minimum Gasteiger partial charge on any atom is -0.378 e. The molecule has 0 unspecified atom stereocenters. The number of hydrogen-bond donors (Lipinski definition) is 1. The summed E-state index contributed by atoms with van der Waals surface area (Å²) < 4.78 is 5.33. The molecule has 25 heavy (non-hydrogen) atoms. The molecule has 1 aliphatic rings. The number of nitrogens with one attached hydrogen (secondary N) is 1. The molecule has 130 valence electrons. The fraction of sp³-hybridized carbons (Fsp3) is 0.278. The Morgan fingerprint density at radius 3 is 2.48 bits per heavy atom. The number of ether oxygens (including phenoxy) is 1. The van der Waals surface area contributed by atoms with Crippen LogP contribution in [-0.2, 0) is 16.0 Å². The minimum absolute atomic E-state index is 0.0393. The van der Waals surface area contributed by atoms with Crippen LogP contribution in [0.3, 0.4) is 0 Å². The molecular weight excluding hydrogens is 322 g/mol. The molecule has 0 saturated carbocycles. The predicted molar refractivity (Wildman–Crippen MR) is 94.9 cm³/mol. The van der Waals surface area contributed by atoms with E-state index in [1.54, 1.807) is 18.2 Å². The third-order valence-electron chi connectivity index (χ3n) is 4.07. The number of nitrogens with zero attached hydrogens (tertiary/aromatic N) is 2. The van der Waals surface area contributed by atoms with Gasteiger partial charge in [0.15, 0.2) is 0 Å². The maximum Gasteiger partial charge on any atom is 0.273 e. The molecule has 1 N–H and O–H groups in total. The summed E-state index contributed by atoms with van der Waals surface area (Å²) in [5.74, 6) is -0.284. The number of benzene rings is 2. The highest BCUT2D eigenvalue weighted by Gasteiger charge is 2.16. The number of nitro benzene ring substituents is 1. The van der Waals surface area contributed by atoms with Gasteiger partial charge in [0.05, 0.1) is 24.6 Å². The number of carbonyl (C=O) groups excluding carboxylic acids is 1. The van der Waals surface area contributed by atoms with Crippen molar-refractivity contribution >= 4 is 23.0 Å². The molecule has 1 aliphatic heterocycles. The van der Waals surface area contributed by atoms with E-state index in [4.69, 9.17) is 4.74 Å². The van der Waals surface area contributed by atoms with Gasteiger partial charge in [-0.1, -0.05) is 18.2 Å². The van der Waals surface area contributed by atoms with Crippen LogP contribution < -0.4 is 10.2 Å². The van der Waals surface area contributed by atoms with Crippen molar-refractivity contribution in [2.24, 2.45) is 0 Å². The van der Waals surface area contributed by atoms with E-state index in [0.717, 1.165) is 18.8 Å². The first kappa shape index (κ1) is 16.9. The maximum absolute atomic E-state index is 12.2. The quantitative estimate of drug-likeness (QED) is 0.667. The molecule has 7 heteroatoms. The summed E-state index contributed by atoms with van der Waals surface area (Å²) in [6.45, 7) is 3.13. The van der Waals surface area contributed by atoms with Gasteiger partial charge in [-0.15, -0.1) is 0 Å². The summed E-state index contributed by atoms with van der Waals surface area (Å²) >= 11 is 0. The summed E-state index contributed by atoms with van der Waals surface area (Å²) in [4.78, 5) is 24.9. The van der Waals surface area contributed by atoms with Gasteiger partial charge >= 0.3 is 0 Å². The van der Waals surface area contributed by atoms with Gasteiger partial charge in [0.1, 0.15) is 0 Å². The maximum atomic E-state index is 12.2. The van der Waals surface area contributed by atoms with E-state index in [2.05, 4.69) is 10.2 Å². The van der Waals surface area contributed by atoms with Crippen molar-refractivity contribution in [3.63, 3.8) is 0 Å². The molecule has 1 heterocycles. The van der Waals surface area contributed by atoms with Gasteiger partial charge in [0.25, 0.3) is 5.69 Å². The summed E-state index contributed by atoms with van der Waals surface area (Å²) in [7, 11) is 0. The lowest BCUT2D eigenvalue weighted by molar-refractivity contribution is -0.385. The smallest absolute Gasteiger partial charge is 0.273 e. The highest BCUT2D eigenvalue weighted by Crippen LogP contribution is 2.21. The number of carbonyl (C=O) groups is 1. The highest BCUT2D eigenvalue weighted by molar-refractivity contribution is 5.93. The van der Waals surface area contributed by atoms with Crippen molar-refractivity contribution in [3.8, 4) is 0 Å². The molecule has 1 amide bonds. The molecule has 0 atom stereocenters. The van der Waals surface area contributed by atoms with E-state index in [9.17, 15) is 14.9 Å². The zero-order chi connectivity index (χ0) is 17.6. The second kappa shape index (κ2) is 7.76. The Bertz CT molecular complexity index is 755. The van der Waals surface area contributed by atoms with Crippen LogP contribution in [0.15, 0.2) is 48.5 Å². The number of nitro groups is 1. The number of morpholine rings is 1. The van der Waals surface area contributed by atoms with E-state index in [1.807, 2.05) is 24.3 Å². The first-order chi connectivity index (χ1) is 12.1. The molecule has 0 radical (unpaired) electrons. The molecule has 2 aromatic rings. The van der Waals surface area contributed by atoms with Gasteiger partial charge in [-0.3, -0.25) is 14.9 Å². The lowest BCUT2D eigenvalue weighted by Gasteiger charge is -2.28. The van der Waals surface area contributed by atoms with Crippen LogP contribution in [0.5, 0.6) is 0 Å². The molecule has 3 rings (SSSR count). The third-order valence-corrected chi connectivity index (χ3v) is 4.07. The van der Waals surface area contributed by atoms with Gasteiger partial charge in [-0.05, 0) is 24.3 Å². The van der Waals surface area contributed by atoms with Crippen LogP contribution in [0.4, 0.5) is 17.1 Å². The fourth-order valence-corrected chi connectivity index (χ4v) is 2.79. The Balaban J connectivity index is 1.62. The molecule has 0 bridgehead atoms. The summed E-state index contributed by atoms with van der Waals surface area (Å²) in [6, 6.07) is 13.8. The standard InChI is InChI=1S/C18H19N3O4/c22-18(13-14-3-1-2-4-17(14)21(23)24)19-15-5-7-16(8-6-15)20-9-11-25-12-10-20/h1-8H,9-13H2,(H,19,22). The Kier molecular flexibility index (Phi) is 5.25. The van der Waals surface area contributed by atoms with E-state index in [1.165, 1.54) is 6.07 Å². The van der Waals surface area contributed by atoms with E-state index < -0.39 is 4.92 Å². The molecule has 2 aromatic carbocycles. The van der Waals surface area contributed by atoms with Gasteiger partial charge < -0.3 is 15.0 Å². The molecule has 0 aliphatic carbocycles. The van der Waals surface area contributed by atoms with Gasteiger partial charge in [-0.2, -0.15) is 0 Å². The number of amides is 1. The second-order valence-electron chi connectivity index (χ2n) is 5.76. The number of para-hydroxylation sites is 1. The lowest BCUT2D eigenvalue weighted by Crippen LogP contribution is -2.36. The Morgan fingerprint density at radius 2 is 1.80 bits per heavy atom. The SMILES string of the molecule is O=C(Cc1ccccc1[N+](=O)[O-])Nc1ccc(N2CCOCC2)cc1. The van der Waals surface area contributed by atoms with Crippen molar-refractivity contribution in [2.75, 3.05) is 36.5 Å². The second-order valence-corrected chi connectivity index (χ2v) is 5.76. The van der Waals surface area contributed by atoms with Gasteiger partial charge in [-0.25, -0.2) is 0 Å². The zero-order valence-corrected chi connectivity index (χ0v) is 13.7. The van der Waals surface area contributed by atoms with Gasteiger partial charge in [0.2, 0.25) is 5.91 Å². The highest BCUT2D eigenvalue weighted by atomic mass is 16.6. The largest absolute Gasteiger partial charge is 0.378 e. The summed E-state index contributed by atoms with van der Waals surface area (Å²) in [5.41, 5.74) is 2.11. The van der Waals surface area contributed by atoms with Crippen molar-refractivity contribution in [1.29, 1.82) is 0 Å². The van der Waals surface area contributed by atoms with Crippen LogP contribution in [0.25, 0.3) is 0 Å². The minimum atomic E-state index is -0.472. The molecule has 0 aromatic heterocycles. The molecule has 7 nitrogen and oxygen atoms in total. The van der Waals surface area contributed by atoms with Crippen molar-refractivity contribution < 1.29 is 14.5 Å². The van der Waals surface area contributed by atoms with E-state index in [0.29, 0.717) is 24.5 Å². The summed E-state index contributed by atoms with van der Waals surface area (Å²) in [6.07, 6.45) is -0.0393. The number of rotatable bonds is 5. The van der Waals surface area contributed by atoms with Crippen molar-refractivity contribution in [2.45, 2.75) is 6.42 Å². The topological polar surface area (TPSA) is 84.7 Å². The van der Waals surface area contributed by atoms with Crippen molar-refractivity contribution in [1.82, 2.24) is 0 Å². The fourth-order valence-electron chi connectivity index (χ4n) is 2.79.